The van der Waals surface area contributed by atoms with E-state index in [1.54, 1.807) is 14.2 Å². The second-order valence-corrected chi connectivity index (χ2v) is 4.65. The minimum atomic E-state index is -0.128. The Bertz CT molecular complexity index is 126. The first kappa shape index (κ1) is 14.4. The molecule has 2 unspecified atom stereocenters. The fourth-order valence-electron chi connectivity index (χ4n) is 1.63. The van der Waals surface area contributed by atoms with E-state index < -0.39 is 0 Å². The van der Waals surface area contributed by atoms with E-state index in [-0.39, 0.29) is 6.29 Å². The summed E-state index contributed by atoms with van der Waals surface area (Å²) in [5, 5.41) is 0. The second kappa shape index (κ2) is 8.69. The molecule has 0 aliphatic rings. The summed E-state index contributed by atoms with van der Waals surface area (Å²) in [5.41, 5.74) is 0. The average molecular weight is 267 g/mol. The van der Waals surface area contributed by atoms with Gasteiger partial charge in [0.2, 0.25) is 0 Å². The van der Waals surface area contributed by atoms with Crippen molar-refractivity contribution in [2.24, 2.45) is 5.92 Å². The van der Waals surface area contributed by atoms with Crippen LogP contribution >= 0.6 is 15.9 Å². The summed E-state index contributed by atoms with van der Waals surface area (Å²) in [4.78, 5) is 0.300. The first-order valence-electron chi connectivity index (χ1n) is 5.40. The van der Waals surface area contributed by atoms with Crippen molar-refractivity contribution in [1.82, 2.24) is 0 Å². The minimum absolute atomic E-state index is 0.128. The molecule has 0 aromatic rings. The third-order valence-electron chi connectivity index (χ3n) is 2.63. The van der Waals surface area contributed by atoms with Crippen molar-refractivity contribution in [2.45, 2.75) is 50.6 Å². The summed E-state index contributed by atoms with van der Waals surface area (Å²) in [7, 11) is 3.38. The molecule has 0 fully saturated rings. The summed E-state index contributed by atoms with van der Waals surface area (Å²) in [6.45, 7) is 4.44. The normalized spacial score (nSPS) is 15.9. The summed E-state index contributed by atoms with van der Waals surface area (Å²) in [5.74, 6) is 0.639. The number of halogens is 1. The van der Waals surface area contributed by atoms with Gasteiger partial charge in [-0.25, -0.2) is 0 Å². The van der Waals surface area contributed by atoms with Gasteiger partial charge < -0.3 is 9.47 Å². The Hall–Kier alpha value is 0.400. The fraction of sp³-hybridized carbons (Fsp3) is 1.00. The predicted octanol–water partition coefficient (Wildman–Crippen LogP) is 3.59. The van der Waals surface area contributed by atoms with Gasteiger partial charge in [0.1, 0.15) is 0 Å². The zero-order valence-electron chi connectivity index (χ0n) is 9.75. The van der Waals surface area contributed by atoms with Gasteiger partial charge in [0.25, 0.3) is 0 Å². The largest absolute Gasteiger partial charge is 0.355 e. The van der Waals surface area contributed by atoms with Crippen molar-refractivity contribution in [3.05, 3.63) is 0 Å². The molecule has 3 heteroatoms. The van der Waals surface area contributed by atoms with E-state index in [1.165, 1.54) is 25.7 Å². The average Bonchev–Trinajstić information content (AvgIpc) is 2.21. The zero-order chi connectivity index (χ0) is 11.0. The van der Waals surface area contributed by atoms with Crippen molar-refractivity contribution in [3.63, 3.8) is 0 Å². The number of alkyl halides is 1. The minimum Gasteiger partial charge on any atom is -0.355 e. The second-order valence-electron chi connectivity index (χ2n) is 3.59. The molecule has 2 nitrogen and oxygen atoms in total. The van der Waals surface area contributed by atoms with Gasteiger partial charge in [-0.05, 0) is 12.3 Å². The van der Waals surface area contributed by atoms with Gasteiger partial charge >= 0.3 is 0 Å². The van der Waals surface area contributed by atoms with Gasteiger partial charge in [-0.3, -0.25) is 0 Å². The molecule has 0 heterocycles. The molecular formula is C11H23BrO2. The first-order chi connectivity index (χ1) is 6.71. The van der Waals surface area contributed by atoms with Crippen LogP contribution in [0.15, 0.2) is 0 Å². The van der Waals surface area contributed by atoms with Crippen LogP contribution in [0.3, 0.4) is 0 Å². The van der Waals surface area contributed by atoms with Crippen LogP contribution < -0.4 is 0 Å². The maximum Gasteiger partial charge on any atom is 0.169 e. The lowest BCUT2D eigenvalue weighted by Crippen LogP contribution is -2.31. The molecule has 2 atom stereocenters. The highest BCUT2D eigenvalue weighted by Crippen LogP contribution is 2.26. The summed E-state index contributed by atoms with van der Waals surface area (Å²) >= 11 is 3.67. The van der Waals surface area contributed by atoms with Crippen LogP contribution in [0, 0.1) is 5.92 Å². The predicted molar refractivity (Wildman–Crippen MR) is 63.8 cm³/mol. The van der Waals surface area contributed by atoms with Gasteiger partial charge in [-0.1, -0.05) is 49.0 Å². The highest BCUT2D eigenvalue weighted by atomic mass is 79.9. The van der Waals surface area contributed by atoms with E-state index in [9.17, 15) is 0 Å². The highest BCUT2D eigenvalue weighted by Gasteiger charge is 2.25. The Morgan fingerprint density at radius 2 is 1.71 bits per heavy atom. The zero-order valence-corrected chi connectivity index (χ0v) is 11.3. The maximum absolute atomic E-state index is 5.25. The molecule has 86 valence electrons. The molecule has 0 aromatic carbocycles. The first-order valence-corrected chi connectivity index (χ1v) is 6.32. The number of methoxy groups -OCH3 is 2. The van der Waals surface area contributed by atoms with Gasteiger partial charge in [0.05, 0.1) is 4.83 Å². The van der Waals surface area contributed by atoms with Crippen LogP contribution in [-0.4, -0.2) is 25.3 Å². The van der Waals surface area contributed by atoms with Crippen molar-refractivity contribution >= 4 is 15.9 Å². The van der Waals surface area contributed by atoms with Crippen molar-refractivity contribution in [3.8, 4) is 0 Å². The molecule has 0 aliphatic heterocycles. The Morgan fingerprint density at radius 1 is 1.14 bits per heavy atom. The molecule has 0 aliphatic carbocycles. The summed E-state index contributed by atoms with van der Waals surface area (Å²) in [6.07, 6.45) is 4.81. The molecule has 0 aromatic heterocycles. The Morgan fingerprint density at radius 3 is 2.07 bits per heavy atom. The van der Waals surface area contributed by atoms with E-state index in [2.05, 4.69) is 29.8 Å². The number of hydrogen-bond acceptors (Lipinski definition) is 2. The molecule has 0 amide bonds. The standard InChI is InChI=1S/C11H23BrO2/c1-5-7-8-9(6-2)10(12)11(13-3)14-4/h9-11H,5-8H2,1-4H3. The fourth-order valence-corrected chi connectivity index (χ4v) is 2.70. The van der Waals surface area contributed by atoms with Crippen LogP contribution in [0.25, 0.3) is 0 Å². The number of unbranched alkanes of at least 4 members (excludes halogenated alkanes) is 1. The number of rotatable bonds is 8. The molecular weight excluding hydrogens is 244 g/mol. The molecule has 0 saturated carbocycles. The molecule has 0 rings (SSSR count). The lowest BCUT2D eigenvalue weighted by molar-refractivity contribution is -0.108. The number of hydrogen-bond donors (Lipinski definition) is 0. The van der Waals surface area contributed by atoms with E-state index in [1.807, 2.05) is 0 Å². The Balaban J connectivity index is 4.06. The molecule has 0 bridgehead atoms. The van der Waals surface area contributed by atoms with Gasteiger partial charge in [0, 0.05) is 14.2 Å². The Kier molecular flexibility index (Phi) is 8.94. The monoisotopic (exact) mass is 266 g/mol. The molecule has 0 spiro atoms. The van der Waals surface area contributed by atoms with E-state index in [0.29, 0.717) is 10.7 Å². The summed E-state index contributed by atoms with van der Waals surface area (Å²) < 4.78 is 10.5. The Labute approximate surface area is 96.5 Å². The van der Waals surface area contributed by atoms with E-state index in [0.717, 1.165) is 0 Å². The SMILES string of the molecule is CCCCC(CC)C(Br)C(OC)OC. The third-order valence-corrected chi connectivity index (χ3v) is 3.81. The van der Waals surface area contributed by atoms with Crippen LogP contribution in [0.2, 0.25) is 0 Å². The smallest absolute Gasteiger partial charge is 0.169 e. The molecule has 0 saturated heterocycles. The topological polar surface area (TPSA) is 18.5 Å². The summed E-state index contributed by atoms with van der Waals surface area (Å²) in [6, 6.07) is 0. The lowest BCUT2D eigenvalue weighted by atomic mass is 9.95. The van der Waals surface area contributed by atoms with Crippen molar-refractivity contribution in [1.29, 1.82) is 0 Å². The third kappa shape index (κ3) is 4.76. The number of ether oxygens (including phenoxy) is 2. The van der Waals surface area contributed by atoms with E-state index >= 15 is 0 Å². The van der Waals surface area contributed by atoms with Gasteiger partial charge in [-0.2, -0.15) is 0 Å². The lowest BCUT2D eigenvalue weighted by Gasteiger charge is -2.26. The van der Waals surface area contributed by atoms with Crippen LogP contribution in [0.4, 0.5) is 0 Å². The van der Waals surface area contributed by atoms with Crippen LogP contribution in [0.1, 0.15) is 39.5 Å². The van der Waals surface area contributed by atoms with Gasteiger partial charge in [0.15, 0.2) is 6.29 Å². The van der Waals surface area contributed by atoms with Gasteiger partial charge in [-0.15, -0.1) is 0 Å². The molecule has 14 heavy (non-hydrogen) atoms. The maximum atomic E-state index is 5.25. The van der Waals surface area contributed by atoms with Crippen molar-refractivity contribution < 1.29 is 9.47 Å². The highest BCUT2D eigenvalue weighted by molar-refractivity contribution is 9.09. The molecule has 0 radical (unpaired) electrons. The van der Waals surface area contributed by atoms with Crippen LogP contribution in [-0.2, 0) is 9.47 Å². The van der Waals surface area contributed by atoms with E-state index in [4.69, 9.17) is 9.47 Å². The quantitative estimate of drug-likeness (QED) is 0.494. The van der Waals surface area contributed by atoms with Crippen molar-refractivity contribution in [2.75, 3.05) is 14.2 Å². The van der Waals surface area contributed by atoms with Crippen LogP contribution in [0.5, 0.6) is 0 Å². The molecule has 0 N–H and O–H groups in total.